The fraction of sp³-hybridized carbons (Fsp3) is 0.273. The van der Waals surface area contributed by atoms with Crippen molar-refractivity contribution in [2.24, 2.45) is 5.73 Å². The van der Waals surface area contributed by atoms with Gasteiger partial charge in [0.05, 0.1) is 21.8 Å². The summed E-state index contributed by atoms with van der Waals surface area (Å²) in [5.74, 6) is -0.395. The summed E-state index contributed by atoms with van der Waals surface area (Å²) in [5, 5.41) is 12.4. The monoisotopic (exact) mass is 251 g/mol. The van der Waals surface area contributed by atoms with Crippen LogP contribution in [0.25, 0.3) is 10.2 Å². The fourth-order valence-electron chi connectivity index (χ4n) is 1.44. The summed E-state index contributed by atoms with van der Waals surface area (Å²) in [7, 11) is 0. The first-order valence-corrected chi connectivity index (χ1v) is 5.96. The van der Waals surface area contributed by atoms with Crippen LogP contribution < -0.4 is 11.1 Å². The molecule has 4 N–H and O–H groups in total. The second kappa shape index (κ2) is 4.79. The van der Waals surface area contributed by atoms with Crippen molar-refractivity contribution in [3.63, 3.8) is 0 Å². The van der Waals surface area contributed by atoms with Crippen LogP contribution in [0.3, 0.4) is 0 Å². The van der Waals surface area contributed by atoms with Crippen LogP contribution in [0.4, 0.5) is 5.69 Å². The molecule has 0 fully saturated rings. The van der Waals surface area contributed by atoms with E-state index in [0.717, 1.165) is 15.2 Å². The average molecular weight is 251 g/mol. The Balaban J connectivity index is 2.22. The summed E-state index contributed by atoms with van der Waals surface area (Å²) >= 11 is 1.56. The van der Waals surface area contributed by atoms with E-state index in [4.69, 9.17) is 10.8 Å². The number of nitrogens with two attached hydrogens (primary N) is 1. The number of fused-ring (bicyclic) bond motifs is 1. The zero-order valence-electron chi connectivity index (χ0n) is 9.30. The normalized spacial score (nSPS) is 12.6. The lowest BCUT2D eigenvalue weighted by Crippen LogP contribution is -2.38. The number of rotatable bonds is 3. The second-order valence-corrected chi connectivity index (χ2v) is 4.93. The molecule has 1 amide bonds. The molecule has 5 nitrogen and oxygen atoms in total. The zero-order chi connectivity index (χ0) is 12.4. The van der Waals surface area contributed by atoms with Gasteiger partial charge in [-0.15, -0.1) is 11.3 Å². The molecule has 1 aromatic carbocycles. The summed E-state index contributed by atoms with van der Waals surface area (Å²) in [6.45, 7) is 1.57. The topological polar surface area (TPSA) is 88.2 Å². The molecule has 0 saturated carbocycles. The zero-order valence-corrected chi connectivity index (χ0v) is 10.1. The molecular formula is C11H13N3O2S. The maximum absolute atomic E-state index is 11.5. The number of aryl methyl sites for hydroxylation is 1. The highest BCUT2D eigenvalue weighted by Gasteiger charge is 2.12. The maximum Gasteiger partial charge on any atom is 0.243 e. The van der Waals surface area contributed by atoms with Crippen LogP contribution in [0, 0.1) is 6.92 Å². The molecule has 1 atom stereocenters. The van der Waals surface area contributed by atoms with Gasteiger partial charge in [0.2, 0.25) is 5.91 Å². The number of aliphatic hydroxyl groups is 1. The van der Waals surface area contributed by atoms with E-state index < -0.39 is 11.9 Å². The molecule has 2 rings (SSSR count). The number of hydrogen-bond donors (Lipinski definition) is 3. The van der Waals surface area contributed by atoms with Crippen molar-refractivity contribution in [3.05, 3.63) is 23.2 Å². The van der Waals surface area contributed by atoms with Gasteiger partial charge < -0.3 is 16.2 Å². The van der Waals surface area contributed by atoms with Gasteiger partial charge in [-0.05, 0) is 25.1 Å². The summed E-state index contributed by atoms with van der Waals surface area (Å²) in [6, 6.07) is 4.57. The van der Waals surface area contributed by atoms with Crippen LogP contribution in [0.5, 0.6) is 0 Å². The van der Waals surface area contributed by atoms with Crippen LogP contribution in [-0.2, 0) is 4.79 Å². The van der Waals surface area contributed by atoms with Crippen LogP contribution in [0.15, 0.2) is 18.2 Å². The van der Waals surface area contributed by atoms with Gasteiger partial charge in [-0.1, -0.05) is 0 Å². The van der Waals surface area contributed by atoms with Crippen molar-refractivity contribution < 1.29 is 9.90 Å². The number of nitrogens with one attached hydrogen (secondary N) is 1. The lowest BCUT2D eigenvalue weighted by Gasteiger charge is -2.09. The number of carbonyl (C=O) groups is 1. The van der Waals surface area contributed by atoms with Gasteiger partial charge in [0, 0.05) is 5.69 Å². The molecule has 17 heavy (non-hydrogen) atoms. The number of anilines is 1. The number of carbonyl (C=O) groups excluding carboxylic acids is 1. The number of benzene rings is 1. The number of aromatic nitrogens is 1. The van der Waals surface area contributed by atoms with Crippen LogP contribution in [0.1, 0.15) is 5.01 Å². The highest BCUT2D eigenvalue weighted by molar-refractivity contribution is 7.18. The summed E-state index contributed by atoms with van der Waals surface area (Å²) < 4.78 is 1.01. The molecule has 0 aliphatic rings. The smallest absolute Gasteiger partial charge is 0.243 e. The van der Waals surface area contributed by atoms with Crippen LogP contribution in [0.2, 0.25) is 0 Å². The molecule has 6 heteroatoms. The standard InChI is InChI=1S/C11H13N3O2S/c1-6-13-9-3-2-7(4-10(9)17-6)14-11(16)8(12)5-15/h2-4,8,15H,5,12H2,1H3,(H,14,16). The lowest BCUT2D eigenvalue weighted by atomic mass is 10.2. The van der Waals surface area contributed by atoms with Crippen molar-refractivity contribution in [3.8, 4) is 0 Å². The molecule has 0 radical (unpaired) electrons. The first-order valence-electron chi connectivity index (χ1n) is 5.14. The van der Waals surface area contributed by atoms with E-state index in [1.165, 1.54) is 0 Å². The molecular weight excluding hydrogens is 238 g/mol. The molecule has 0 bridgehead atoms. The average Bonchev–Trinajstić information content (AvgIpc) is 2.67. The number of nitrogens with zero attached hydrogens (tertiary/aromatic N) is 1. The Morgan fingerprint density at radius 1 is 1.65 bits per heavy atom. The Bertz CT molecular complexity index is 553. The predicted octanol–water partition coefficient (Wildman–Crippen LogP) is 0.863. The molecule has 1 heterocycles. The van der Waals surface area contributed by atoms with Gasteiger partial charge in [0.1, 0.15) is 6.04 Å². The van der Waals surface area contributed by atoms with Gasteiger partial charge in [0.15, 0.2) is 0 Å². The number of amides is 1. The minimum atomic E-state index is -0.895. The van der Waals surface area contributed by atoms with Crippen molar-refractivity contribution in [2.45, 2.75) is 13.0 Å². The molecule has 2 aromatic rings. The third-order valence-electron chi connectivity index (χ3n) is 2.30. The van der Waals surface area contributed by atoms with Crippen LogP contribution >= 0.6 is 11.3 Å². The molecule has 0 saturated heterocycles. The van der Waals surface area contributed by atoms with Crippen molar-refractivity contribution in [1.82, 2.24) is 4.98 Å². The van der Waals surface area contributed by atoms with Crippen molar-refractivity contribution >= 4 is 33.1 Å². The predicted molar refractivity (Wildman–Crippen MR) is 68.0 cm³/mol. The molecule has 1 aromatic heterocycles. The Hall–Kier alpha value is -1.50. The third-order valence-corrected chi connectivity index (χ3v) is 3.23. The maximum atomic E-state index is 11.5. The molecule has 0 aliphatic carbocycles. The first kappa shape index (κ1) is 12.0. The summed E-state index contributed by atoms with van der Waals surface area (Å²) in [4.78, 5) is 15.8. The minimum absolute atomic E-state index is 0.367. The van der Waals surface area contributed by atoms with E-state index in [0.29, 0.717) is 5.69 Å². The first-order chi connectivity index (χ1) is 8.10. The van der Waals surface area contributed by atoms with E-state index >= 15 is 0 Å². The Labute approximate surface area is 102 Å². The van der Waals surface area contributed by atoms with Crippen LogP contribution in [-0.4, -0.2) is 28.6 Å². The fourth-order valence-corrected chi connectivity index (χ4v) is 2.30. The van der Waals surface area contributed by atoms with Crippen molar-refractivity contribution in [1.29, 1.82) is 0 Å². The van der Waals surface area contributed by atoms with E-state index in [2.05, 4.69) is 10.3 Å². The number of aliphatic hydroxyl groups excluding tert-OH is 1. The molecule has 1 unspecified atom stereocenters. The van der Waals surface area contributed by atoms with Gasteiger partial charge in [-0.3, -0.25) is 4.79 Å². The van der Waals surface area contributed by atoms with E-state index in [1.807, 2.05) is 19.1 Å². The van der Waals surface area contributed by atoms with Gasteiger partial charge in [-0.25, -0.2) is 4.98 Å². The highest BCUT2D eigenvalue weighted by atomic mass is 32.1. The Kier molecular flexibility index (Phi) is 3.37. The quantitative estimate of drug-likeness (QED) is 0.755. The lowest BCUT2D eigenvalue weighted by molar-refractivity contribution is -0.118. The number of hydrogen-bond acceptors (Lipinski definition) is 5. The summed E-state index contributed by atoms with van der Waals surface area (Å²) in [6.07, 6.45) is 0. The van der Waals surface area contributed by atoms with E-state index in [9.17, 15) is 4.79 Å². The van der Waals surface area contributed by atoms with Gasteiger partial charge in [-0.2, -0.15) is 0 Å². The summed E-state index contributed by atoms with van der Waals surface area (Å²) in [5.41, 5.74) is 6.99. The number of thiazole rings is 1. The molecule has 0 spiro atoms. The van der Waals surface area contributed by atoms with E-state index in [1.54, 1.807) is 17.4 Å². The third kappa shape index (κ3) is 2.60. The van der Waals surface area contributed by atoms with E-state index in [-0.39, 0.29) is 6.61 Å². The van der Waals surface area contributed by atoms with Gasteiger partial charge >= 0.3 is 0 Å². The molecule has 0 aliphatic heterocycles. The Morgan fingerprint density at radius 3 is 3.12 bits per heavy atom. The largest absolute Gasteiger partial charge is 0.394 e. The Morgan fingerprint density at radius 2 is 2.41 bits per heavy atom. The SMILES string of the molecule is Cc1nc2ccc(NC(=O)C(N)CO)cc2s1. The van der Waals surface area contributed by atoms with Gasteiger partial charge in [0.25, 0.3) is 0 Å². The molecule has 90 valence electrons. The van der Waals surface area contributed by atoms with Crippen molar-refractivity contribution in [2.75, 3.05) is 11.9 Å². The second-order valence-electron chi connectivity index (χ2n) is 3.69. The highest BCUT2D eigenvalue weighted by Crippen LogP contribution is 2.24. The minimum Gasteiger partial charge on any atom is -0.394 e.